The number of hydrogen-bond acceptors (Lipinski definition) is 0. The molecule has 1 aliphatic carbocycles. The van der Waals surface area contributed by atoms with Gasteiger partial charge in [0.25, 0.3) is 0 Å². The van der Waals surface area contributed by atoms with Gasteiger partial charge in [-0.15, -0.1) is 11.8 Å². The van der Waals surface area contributed by atoms with Gasteiger partial charge >= 0.3 is 0 Å². The fraction of sp³-hybridized carbons (Fsp3) is 0.714. The fourth-order valence-electron chi connectivity index (χ4n) is 1.57. The molecule has 0 aliphatic heterocycles. The predicted octanol–water partition coefficient (Wildman–Crippen LogP) is 3.76. The third-order valence-corrected chi connectivity index (χ3v) is 2.50. The topological polar surface area (TPSA) is 0 Å². The molecule has 1 rings (SSSR count). The van der Waals surface area contributed by atoms with Gasteiger partial charge in [-0.05, 0) is 19.3 Å². The normalized spacial score (nSPS) is 20.8. The van der Waals surface area contributed by atoms with Gasteiger partial charge in [0.2, 0.25) is 0 Å². The van der Waals surface area contributed by atoms with E-state index in [1.54, 1.807) is 0 Å². The van der Waals surface area contributed by atoms with Crippen LogP contribution in [0.5, 0.6) is 0 Å². The summed E-state index contributed by atoms with van der Waals surface area (Å²) in [6.07, 6.45) is 9.71. The lowest BCUT2D eigenvalue weighted by Crippen LogP contribution is -1.96. The van der Waals surface area contributed by atoms with E-state index in [2.05, 4.69) is 30.6 Å². The summed E-state index contributed by atoms with van der Waals surface area (Å²) in [7, 11) is 0. The lowest BCUT2D eigenvalue weighted by Gasteiger charge is -2.05. The molecule has 1 aliphatic rings. The maximum atomic E-state index is 3.30. The van der Waals surface area contributed by atoms with Gasteiger partial charge < -0.3 is 0 Å². The standard InChI is InChI=1S/C14H20/c1-2-3-4-8-11-14-12-9-6-5-7-10-13-14/h14H,2-7,9,12H2,1H3. The molecule has 0 saturated carbocycles. The summed E-state index contributed by atoms with van der Waals surface area (Å²) in [5.74, 6) is 13.4. The third kappa shape index (κ3) is 4.98. The van der Waals surface area contributed by atoms with Gasteiger partial charge in [-0.1, -0.05) is 38.0 Å². The van der Waals surface area contributed by atoms with E-state index in [0.717, 1.165) is 12.8 Å². The molecule has 1 atom stereocenters. The van der Waals surface area contributed by atoms with Crippen molar-refractivity contribution in [2.75, 3.05) is 0 Å². The molecule has 0 radical (unpaired) electrons. The Kier molecular flexibility index (Phi) is 6.01. The Bertz CT molecular complexity index is 253. The van der Waals surface area contributed by atoms with Crippen LogP contribution < -0.4 is 0 Å². The average molecular weight is 188 g/mol. The van der Waals surface area contributed by atoms with Crippen molar-refractivity contribution in [3.8, 4) is 23.7 Å². The zero-order chi connectivity index (χ0) is 10.1. The summed E-state index contributed by atoms with van der Waals surface area (Å²) in [5, 5.41) is 0. The Hall–Kier alpha value is -0.880. The van der Waals surface area contributed by atoms with E-state index in [0.29, 0.717) is 5.92 Å². The summed E-state index contributed by atoms with van der Waals surface area (Å²) in [6.45, 7) is 2.21. The van der Waals surface area contributed by atoms with Gasteiger partial charge in [-0.25, -0.2) is 0 Å². The van der Waals surface area contributed by atoms with Crippen molar-refractivity contribution in [2.45, 2.75) is 58.3 Å². The van der Waals surface area contributed by atoms with Gasteiger partial charge in [0, 0.05) is 12.8 Å². The molecule has 0 heteroatoms. The summed E-state index contributed by atoms with van der Waals surface area (Å²) < 4.78 is 0. The number of unbranched alkanes of at least 4 members (excludes halogenated alkanes) is 2. The van der Waals surface area contributed by atoms with Gasteiger partial charge in [-0.2, -0.15) is 0 Å². The van der Waals surface area contributed by atoms with E-state index in [4.69, 9.17) is 0 Å². The quantitative estimate of drug-likeness (QED) is 0.457. The van der Waals surface area contributed by atoms with Crippen molar-refractivity contribution in [3.05, 3.63) is 0 Å². The average Bonchev–Trinajstić information content (AvgIpc) is 2.15. The first-order chi connectivity index (χ1) is 6.93. The van der Waals surface area contributed by atoms with Crippen molar-refractivity contribution in [1.82, 2.24) is 0 Å². The van der Waals surface area contributed by atoms with Gasteiger partial charge in [0.15, 0.2) is 0 Å². The van der Waals surface area contributed by atoms with Crippen LogP contribution in [0.25, 0.3) is 0 Å². The van der Waals surface area contributed by atoms with Crippen LogP contribution in [0.15, 0.2) is 0 Å². The zero-order valence-corrected chi connectivity index (χ0v) is 9.23. The molecule has 0 amide bonds. The molecule has 0 aromatic rings. The van der Waals surface area contributed by atoms with E-state index in [1.165, 1.54) is 38.5 Å². The van der Waals surface area contributed by atoms with E-state index in [9.17, 15) is 0 Å². The largest absolute Gasteiger partial charge is 0.102 e. The van der Waals surface area contributed by atoms with Crippen LogP contribution in [0, 0.1) is 29.6 Å². The van der Waals surface area contributed by atoms with Gasteiger partial charge in [-0.3, -0.25) is 0 Å². The molecule has 0 fully saturated rings. The SMILES string of the molecule is CCCCC#CC1C#CCCCCC1. The van der Waals surface area contributed by atoms with E-state index < -0.39 is 0 Å². The molecule has 0 N–H and O–H groups in total. The first-order valence-electron chi connectivity index (χ1n) is 5.90. The molecular formula is C14H20. The summed E-state index contributed by atoms with van der Waals surface area (Å²) >= 11 is 0. The monoisotopic (exact) mass is 188 g/mol. The zero-order valence-electron chi connectivity index (χ0n) is 9.23. The molecule has 0 bridgehead atoms. The molecule has 0 nitrogen and oxygen atoms in total. The van der Waals surface area contributed by atoms with Crippen LogP contribution in [0.4, 0.5) is 0 Å². The number of rotatable bonds is 2. The highest BCUT2D eigenvalue weighted by Crippen LogP contribution is 2.12. The highest BCUT2D eigenvalue weighted by molar-refractivity contribution is 5.18. The molecule has 1 unspecified atom stereocenters. The van der Waals surface area contributed by atoms with Crippen molar-refractivity contribution < 1.29 is 0 Å². The van der Waals surface area contributed by atoms with Crippen LogP contribution in [0.2, 0.25) is 0 Å². The first kappa shape index (κ1) is 11.2. The highest BCUT2D eigenvalue weighted by atomic mass is 14.0. The molecule has 0 spiro atoms. The third-order valence-electron chi connectivity index (χ3n) is 2.50. The maximum absolute atomic E-state index is 3.30. The van der Waals surface area contributed by atoms with E-state index in [-0.39, 0.29) is 0 Å². The minimum atomic E-state index is 0.368. The van der Waals surface area contributed by atoms with Crippen molar-refractivity contribution in [2.24, 2.45) is 5.92 Å². The molecule has 14 heavy (non-hydrogen) atoms. The smallest absolute Gasteiger partial charge is 0.0811 e. The second-order valence-corrected chi connectivity index (χ2v) is 3.90. The molecule has 76 valence electrons. The van der Waals surface area contributed by atoms with Crippen molar-refractivity contribution in [3.63, 3.8) is 0 Å². The first-order valence-corrected chi connectivity index (χ1v) is 5.90. The lowest BCUT2D eigenvalue weighted by atomic mass is 9.98. The van der Waals surface area contributed by atoms with Crippen LogP contribution in [0.3, 0.4) is 0 Å². The predicted molar refractivity (Wildman–Crippen MR) is 61.7 cm³/mol. The van der Waals surface area contributed by atoms with E-state index >= 15 is 0 Å². The molecule has 0 aromatic carbocycles. The Morgan fingerprint density at radius 3 is 3.07 bits per heavy atom. The Labute approximate surface area is 88.5 Å². The molecule has 0 aromatic heterocycles. The van der Waals surface area contributed by atoms with Crippen LogP contribution >= 0.6 is 0 Å². The highest BCUT2D eigenvalue weighted by Gasteiger charge is 2.02. The van der Waals surface area contributed by atoms with Gasteiger partial charge in [0.1, 0.15) is 0 Å². The molecule has 0 saturated heterocycles. The fourth-order valence-corrected chi connectivity index (χ4v) is 1.57. The lowest BCUT2D eigenvalue weighted by molar-refractivity contribution is 0.608. The van der Waals surface area contributed by atoms with Gasteiger partial charge in [0.05, 0.1) is 5.92 Å². The molecular weight excluding hydrogens is 168 g/mol. The Balaban J connectivity index is 2.35. The second kappa shape index (κ2) is 7.52. The molecule has 0 heterocycles. The minimum absolute atomic E-state index is 0.368. The van der Waals surface area contributed by atoms with Crippen molar-refractivity contribution in [1.29, 1.82) is 0 Å². The summed E-state index contributed by atoms with van der Waals surface area (Å²) in [6, 6.07) is 0. The summed E-state index contributed by atoms with van der Waals surface area (Å²) in [4.78, 5) is 0. The Morgan fingerprint density at radius 1 is 1.29 bits per heavy atom. The Morgan fingerprint density at radius 2 is 2.21 bits per heavy atom. The van der Waals surface area contributed by atoms with Crippen LogP contribution in [-0.2, 0) is 0 Å². The maximum Gasteiger partial charge on any atom is 0.0811 e. The van der Waals surface area contributed by atoms with E-state index in [1.807, 2.05) is 0 Å². The number of hydrogen-bond donors (Lipinski definition) is 0. The van der Waals surface area contributed by atoms with Crippen LogP contribution in [0.1, 0.15) is 58.3 Å². The second-order valence-electron chi connectivity index (χ2n) is 3.90. The van der Waals surface area contributed by atoms with Crippen LogP contribution in [-0.4, -0.2) is 0 Å². The van der Waals surface area contributed by atoms with Crippen molar-refractivity contribution >= 4 is 0 Å². The summed E-state index contributed by atoms with van der Waals surface area (Å²) in [5.41, 5.74) is 0. The minimum Gasteiger partial charge on any atom is -0.102 e.